The van der Waals surface area contributed by atoms with Crippen LogP contribution in [0.25, 0.3) is 0 Å². The molecule has 0 aromatic carbocycles. The van der Waals surface area contributed by atoms with E-state index in [1.54, 1.807) is 0 Å². The average molecular weight is 272 g/mol. The van der Waals surface area contributed by atoms with Gasteiger partial charge in [0.2, 0.25) is 5.91 Å². The highest BCUT2D eigenvalue weighted by atomic mass is 32.2. The number of aromatic nitrogens is 1. The number of nitrogens with one attached hydrogen (secondary N) is 1. The minimum Gasteiger partial charge on any atom is -0.480 e. The Morgan fingerprint density at radius 3 is 2.61 bits per heavy atom. The van der Waals surface area contributed by atoms with Crippen LogP contribution in [0.15, 0.2) is 4.52 Å². The molecule has 0 saturated carbocycles. The Labute approximate surface area is 109 Å². The van der Waals surface area contributed by atoms with E-state index in [0.29, 0.717) is 11.5 Å². The lowest BCUT2D eigenvalue weighted by atomic mass is 10.2. The molecule has 0 aliphatic rings. The van der Waals surface area contributed by atoms with E-state index in [0.717, 1.165) is 17.0 Å². The number of amides is 1. The van der Waals surface area contributed by atoms with Crippen molar-refractivity contribution in [1.82, 2.24) is 10.5 Å². The molecular weight excluding hydrogens is 256 g/mol. The smallest absolute Gasteiger partial charge is 0.327 e. The summed E-state index contributed by atoms with van der Waals surface area (Å²) < 4.78 is 5.02. The third-order valence-corrected chi connectivity index (χ3v) is 3.45. The first-order valence-corrected chi connectivity index (χ1v) is 6.56. The third kappa shape index (κ3) is 4.06. The normalized spacial score (nSPS) is 12.2. The van der Waals surface area contributed by atoms with Crippen molar-refractivity contribution in [3.63, 3.8) is 0 Å². The van der Waals surface area contributed by atoms with Crippen molar-refractivity contribution in [2.75, 3.05) is 5.75 Å². The fraction of sp³-hybridized carbons (Fsp3) is 0.545. The average Bonchev–Trinajstić information content (AvgIpc) is 2.58. The number of hydrogen-bond donors (Lipinski definition) is 2. The third-order valence-electron chi connectivity index (χ3n) is 2.39. The molecule has 7 heteroatoms. The Hall–Kier alpha value is -1.50. The second-order valence-corrected chi connectivity index (χ2v) is 4.94. The van der Waals surface area contributed by atoms with Crippen molar-refractivity contribution in [2.45, 2.75) is 32.6 Å². The van der Waals surface area contributed by atoms with E-state index in [2.05, 4.69) is 10.5 Å². The fourth-order valence-electron chi connectivity index (χ4n) is 1.41. The number of aliphatic carboxylic acids is 1. The Bertz CT molecular complexity index is 425. The molecule has 1 heterocycles. The molecule has 100 valence electrons. The number of carboxylic acid groups (broad SMARTS) is 1. The van der Waals surface area contributed by atoms with Gasteiger partial charge in [0.25, 0.3) is 0 Å². The maximum Gasteiger partial charge on any atom is 0.327 e. The number of nitrogens with zero attached hydrogens (tertiary/aromatic N) is 1. The van der Waals surface area contributed by atoms with E-state index in [1.165, 1.54) is 18.7 Å². The van der Waals surface area contributed by atoms with Gasteiger partial charge in [-0.2, -0.15) is 11.8 Å². The number of carbonyl (C=O) groups is 2. The second kappa shape index (κ2) is 6.44. The summed E-state index contributed by atoms with van der Waals surface area (Å²) >= 11 is 1.42. The zero-order valence-corrected chi connectivity index (χ0v) is 11.3. The van der Waals surface area contributed by atoms with Crippen molar-refractivity contribution in [3.05, 3.63) is 17.0 Å². The number of thioether (sulfide) groups is 1. The summed E-state index contributed by atoms with van der Waals surface area (Å²) in [6, 6.07) is -0.868. The maximum atomic E-state index is 10.9. The van der Waals surface area contributed by atoms with Crippen molar-refractivity contribution in [2.24, 2.45) is 0 Å². The van der Waals surface area contributed by atoms with Crippen LogP contribution in [-0.4, -0.2) is 33.9 Å². The molecule has 1 aromatic heterocycles. The van der Waals surface area contributed by atoms with Crippen LogP contribution in [-0.2, 0) is 15.3 Å². The summed E-state index contributed by atoms with van der Waals surface area (Å²) in [6.07, 6.45) is 0. The number of carboxylic acids is 1. The summed E-state index contributed by atoms with van der Waals surface area (Å²) in [6.45, 7) is 4.96. The minimum absolute atomic E-state index is 0.305. The van der Waals surface area contributed by atoms with Gasteiger partial charge in [-0.05, 0) is 13.8 Å². The van der Waals surface area contributed by atoms with Gasteiger partial charge in [0.15, 0.2) is 0 Å². The number of rotatable bonds is 6. The van der Waals surface area contributed by atoms with Gasteiger partial charge in [-0.15, -0.1) is 0 Å². The van der Waals surface area contributed by atoms with Crippen LogP contribution in [0.1, 0.15) is 23.9 Å². The standard InChI is InChI=1S/C11H16N2O4S/c1-6-9(7(2)17-13-6)4-18-5-10(11(15)16)12-8(3)14/h10H,4-5H2,1-3H3,(H,12,14)(H,15,16)/t10-/m0/s1. The van der Waals surface area contributed by atoms with Gasteiger partial charge in [-0.3, -0.25) is 4.79 Å². The molecule has 2 N–H and O–H groups in total. The van der Waals surface area contributed by atoms with Crippen LogP contribution in [0.2, 0.25) is 0 Å². The van der Waals surface area contributed by atoms with Gasteiger partial charge in [-0.25, -0.2) is 4.79 Å². The lowest BCUT2D eigenvalue weighted by molar-refractivity contribution is -0.140. The summed E-state index contributed by atoms with van der Waals surface area (Å²) in [5, 5.41) is 15.1. The second-order valence-electron chi connectivity index (χ2n) is 3.91. The van der Waals surface area contributed by atoms with Crippen LogP contribution >= 0.6 is 11.8 Å². The topological polar surface area (TPSA) is 92.4 Å². The van der Waals surface area contributed by atoms with Gasteiger partial charge in [0, 0.05) is 24.0 Å². The molecule has 0 fully saturated rings. The number of carbonyl (C=O) groups excluding carboxylic acids is 1. The van der Waals surface area contributed by atoms with E-state index in [1.807, 2.05) is 13.8 Å². The zero-order valence-electron chi connectivity index (χ0n) is 10.5. The Balaban J connectivity index is 2.49. The molecule has 0 saturated heterocycles. The largest absolute Gasteiger partial charge is 0.480 e. The lowest BCUT2D eigenvalue weighted by Gasteiger charge is -2.12. The van der Waals surface area contributed by atoms with E-state index < -0.39 is 12.0 Å². The molecule has 6 nitrogen and oxygen atoms in total. The summed E-state index contributed by atoms with van der Waals surface area (Å²) in [5.41, 5.74) is 1.79. The summed E-state index contributed by atoms with van der Waals surface area (Å²) in [4.78, 5) is 21.8. The zero-order chi connectivity index (χ0) is 13.7. The maximum absolute atomic E-state index is 10.9. The lowest BCUT2D eigenvalue weighted by Crippen LogP contribution is -2.41. The highest BCUT2D eigenvalue weighted by Crippen LogP contribution is 2.19. The van der Waals surface area contributed by atoms with Gasteiger partial charge >= 0.3 is 5.97 Å². The van der Waals surface area contributed by atoms with Crippen molar-refractivity contribution in [1.29, 1.82) is 0 Å². The van der Waals surface area contributed by atoms with Crippen molar-refractivity contribution < 1.29 is 19.2 Å². The molecule has 1 atom stereocenters. The molecular formula is C11H16N2O4S. The fourth-order valence-corrected chi connectivity index (χ4v) is 2.60. The van der Waals surface area contributed by atoms with Gasteiger partial charge in [0.1, 0.15) is 11.8 Å². The molecule has 0 unspecified atom stereocenters. The predicted molar refractivity (Wildman–Crippen MR) is 67.4 cm³/mol. The molecule has 1 rings (SSSR count). The Morgan fingerprint density at radius 1 is 1.50 bits per heavy atom. The highest BCUT2D eigenvalue weighted by Gasteiger charge is 2.19. The summed E-state index contributed by atoms with van der Waals surface area (Å²) in [7, 11) is 0. The Kier molecular flexibility index (Phi) is 5.21. The molecule has 0 spiro atoms. The van der Waals surface area contributed by atoms with E-state index >= 15 is 0 Å². The summed E-state index contributed by atoms with van der Waals surface area (Å²) in [5.74, 6) is 0.284. The van der Waals surface area contributed by atoms with Crippen LogP contribution in [0.4, 0.5) is 0 Å². The predicted octanol–water partition coefficient (Wildman–Crippen LogP) is 1.11. The molecule has 18 heavy (non-hydrogen) atoms. The Morgan fingerprint density at radius 2 is 2.17 bits per heavy atom. The molecule has 0 aliphatic heterocycles. The number of aryl methyl sites for hydroxylation is 2. The van der Waals surface area contributed by atoms with Crippen molar-refractivity contribution >= 4 is 23.6 Å². The minimum atomic E-state index is -1.03. The van der Waals surface area contributed by atoms with Crippen LogP contribution < -0.4 is 5.32 Å². The van der Waals surface area contributed by atoms with E-state index in [-0.39, 0.29) is 5.91 Å². The first-order chi connectivity index (χ1) is 8.41. The number of hydrogen-bond acceptors (Lipinski definition) is 5. The monoisotopic (exact) mass is 272 g/mol. The van der Waals surface area contributed by atoms with Crippen LogP contribution in [0.3, 0.4) is 0 Å². The van der Waals surface area contributed by atoms with E-state index in [4.69, 9.17) is 9.63 Å². The highest BCUT2D eigenvalue weighted by molar-refractivity contribution is 7.98. The first kappa shape index (κ1) is 14.6. The molecule has 0 radical (unpaired) electrons. The van der Waals surface area contributed by atoms with Gasteiger partial charge < -0.3 is 14.9 Å². The molecule has 0 bridgehead atoms. The van der Waals surface area contributed by atoms with Crippen molar-refractivity contribution in [3.8, 4) is 0 Å². The molecule has 0 aliphatic carbocycles. The molecule has 1 amide bonds. The van der Waals surface area contributed by atoms with Crippen LogP contribution in [0, 0.1) is 13.8 Å². The van der Waals surface area contributed by atoms with Gasteiger partial charge in [0.05, 0.1) is 5.69 Å². The molecule has 1 aromatic rings. The first-order valence-electron chi connectivity index (χ1n) is 5.41. The van der Waals surface area contributed by atoms with Gasteiger partial charge in [-0.1, -0.05) is 5.16 Å². The van der Waals surface area contributed by atoms with Crippen LogP contribution in [0.5, 0.6) is 0 Å². The SMILES string of the molecule is CC(=O)N[C@@H](CSCc1c(C)noc1C)C(=O)O. The quantitative estimate of drug-likeness (QED) is 0.806. The van der Waals surface area contributed by atoms with E-state index in [9.17, 15) is 9.59 Å².